The number of hydrogen-bond acceptors (Lipinski definition) is 4. The Balaban J connectivity index is 1.33. The van der Waals surface area contributed by atoms with Crippen LogP contribution in [0, 0.1) is 11.3 Å². The molecule has 2 atom stereocenters. The van der Waals surface area contributed by atoms with Gasteiger partial charge in [0.25, 0.3) is 0 Å². The van der Waals surface area contributed by atoms with Gasteiger partial charge in [-0.2, -0.15) is 5.26 Å². The number of nitriles is 1. The maximum atomic E-state index is 9.37. The van der Waals surface area contributed by atoms with Gasteiger partial charge in [0.05, 0.1) is 30.1 Å². The van der Waals surface area contributed by atoms with Crippen LogP contribution in [0.3, 0.4) is 0 Å². The highest BCUT2D eigenvalue weighted by Crippen LogP contribution is 2.38. The first-order valence-electron chi connectivity index (χ1n) is 14.3. The molecule has 0 aliphatic carbocycles. The average Bonchev–Trinajstić information content (AvgIpc) is 3.08. The Kier molecular flexibility index (Phi) is 7.05. The Morgan fingerprint density at radius 2 is 1.07 bits per heavy atom. The average molecular weight is 543 g/mol. The van der Waals surface area contributed by atoms with E-state index in [2.05, 4.69) is 149 Å². The van der Waals surface area contributed by atoms with Crippen molar-refractivity contribution in [2.45, 2.75) is 18.5 Å². The number of nitrogens with zero attached hydrogens (tertiary/aromatic N) is 1. The normalized spacial score (nSPS) is 18.4. The summed E-state index contributed by atoms with van der Waals surface area (Å²) in [6, 6.07) is 52.9. The van der Waals surface area contributed by atoms with Gasteiger partial charge in [-0.25, -0.2) is 0 Å². The van der Waals surface area contributed by atoms with Crippen LogP contribution in [0.25, 0.3) is 33.0 Å². The summed E-state index contributed by atoms with van der Waals surface area (Å²) >= 11 is 0. The van der Waals surface area contributed by atoms with E-state index < -0.39 is 0 Å². The zero-order valence-electron chi connectivity index (χ0n) is 23.0. The lowest BCUT2D eigenvalue weighted by Gasteiger charge is -2.40. The van der Waals surface area contributed by atoms with Gasteiger partial charge < -0.3 is 0 Å². The summed E-state index contributed by atoms with van der Waals surface area (Å²) in [5.74, 6) is 0. The summed E-state index contributed by atoms with van der Waals surface area (Å²) in [5, 5.41) is 23.3. The van der Waals surface area contributed by atoms with Crippen LogP contribution in [0.2, 0.25) is 0 Å². The van der Waals surface area contributed by atoms with E-state index in [0.717, 1.165) is 16.7 Å². The molecule has 0 amide bonds. The number of benzene rings is 6. The van der Waals surface area contributed by atoms with Crippen molar-refractivity contribution in [3.8, 4) is 28.3 Å². The van der Waals surface area contributed by atoms with E-state index in [1.54, 1.807) is 0 Å². The molecule has 202 valence electrons. The molecule has 1 saturated heterocycles. The van der Waals surface area contributed by atoms with Crippen molar-refractivity contribution < 1.29 is 0 Å². The highest BCUT2D eigenvalue weighted by Gasteiger charge is 2.31. The molecular formula is C38H30N4. The van der Waals surface area contributed by atoms with Crippen molar-refractivity contribution >= 4 is 10.8 Å². The number of hydrogen-bond donors (Lipinski definition) is 3. The lowest BCUT2D eigenvalue weighted by Crippen LogP contribution is -2.54. The third-order valence-corrected chi connectivity index (χ3v) is 8.04. The fourth-order valence-electron chi connectivity index (χ4n) is 5.95. The van der Waals surface area contributed by atoms with Crippen molar-refractivity contribution in [2.24, 2.45) is 0 Å². The van der Waals surface area contributed by atoms with E-state index >= 15 is 0 Å². The van der Waals surface area contributed by atoms with Gasteiger partial charge in [-0.3, -0.25) is 16.0 Å². The lowest BCUT2D eigenvalue weighted by molar-refractivity contribution is 0.203. The predicted octanol–water partition coefficient (Wildman–Crippen LogP) is 8.22. The first kappa shape index (κ1) is 25.9. The second-order valence-corrected chi connectivity index (χ2v) is 10.6. The highest BCUT2D eigenvalue weighted by molar-refractivity contribution is 5.98. The molecule has 4 heteroatoms. The van der Waals surface area contributed by atoms with Gasteiger partial charge in [-0.15, -0.1) is 0 Å². The van der Waals surface area contributed by atoms with Gasteiger partial charge in [0, 0.05) is 0 Å². The summed E-state index contributed by atoms with van der Waals surface area (Å²) in [7, 11) is 0. The van der Waals surface area contributed by atoms with Gasteiger partial charge in [-0.05, 0) is 61.8 Å². The SMILES string of the molecule is N#Cc1cccc(-c2ccc(-c3c(C4NC(c5ccccc5)NC(c5ccccc5)N4)ccc4ccccc34)cc2)c1. The summed E-state index contributed by atoms with van der Waals surface area (Å²) in [5.41, 5.74) is 8.72. The Labute approximate surface area is 246 Å². The van der Waals surface area contributed by atoms with E-state index in [9.17, 15) is 5.26 Å². The Morgan fingerprint density at radius 1 is 0.476 bits per heavy atom. The quantitative estimate of drug-likeness (QED) is 0.205. The first-order valence-corrected chi connectivity index (χ1v) is 14.3. The van der Waals surface area contributed by atoms with Crippen molar-refractivity contribution in [1.82, 2.24) is 16.0 Å². The summed E-state index contributed by atoms with van der Waals surface area (Å²) in [6.45, 7) is 0. The summed E-state index contributed by atoms with van der Waals surface area (Å²) < 4.78 is 0. The van der Waals surface area contributed by atoms with Crippen molar-refractivity contribution in [1.29, 1.82) is 5.26 Å². The predicted molar refractivity (Wildman–Crippen MR) is 170 cm³/mol. The van der Waals surface area contributed by atoms with Crippen LogP contribution in [0.1, 0.15) is 40.8 Å². The third-order valence-electron chi connectivity index (χ3n) is 8.04. The molecule has 0 spiro atoms. The molecule has 1 fully saturated rings. The molecule has 0 radical (unpaired) electrons. The van der Waals surface area contributed by atoms with Crippen LogP contribution >= 0.6 is 0 Å². The minimum Gasteiger partial charge on any atom is -0.279 e. The van der Waals surface area contributed by atoms with Crippen LogP contribution in [0.15, 0.2) is 146 Å². The van der Waals surface area contributed by atoms with Crippen molar-refractivity contribution in [2.75, 3.05) is 0 Å². The van der Waals surface area contributed by atoms with Crippen LogP contribution < -0.4 is 16.0 Å². The summed E-state index contributed by atoms with van der Waals surface area (Å²) in [6.07, 6.45) is -0.207. The maximum absolute atomic E-state index is 9.37. The number of fused-ring (bicyclic) bond motifs is 1. The molecule has 6 aromatic rings. The zero-order valence-corrected chi connectivity index (χ0v) is 23.0. The largest absolute Gasteiger partial charge is 0.279 e. The van der Waals surface area contributed by atoms with Crippen LogP contribution in [-0.4, -0.2) is 0 Å². The monoisotopic (exact) mass is 542 g/mol. The number of nitrogens with one attached hydrogen (secondary N) is 3. The first-order chi connectivity index (χ1) is 20.8. The molecule has 4 nitrogen and oxygen atoms in total. The molecule has 0 bridgehead atoms. The van der Waals surface area contributed by atoms with E-state index in [1.165, 1.54) is 33.0 Å². The molecule has 1 aliphatic rings. The van der Waals surface area contributed by atoms with Gasteiger partial charge in [0.1, 0.15) is 0 Å². The van der Waals surface area contributed by atoms with E-state index in [1.807, 2.05) is 18.2 Å². The van der Waals surface area contributed by atoms with Gasteiger partial charge in [0.2, 0.25) is 0 Å². The summed E-state index contributed by atoms with van der Waals surface area (Å²) in [4.78, 5) is 0. The number of rotatable bonds is 5. The van der Waals surface area contributed by atoms with E-state index in [4.69, 9.17) is 0 Å². The molecule has 1 aliphatic heterocycles. The molecule has 6 aromatic carbocycles. The molecule has 0 saturated carbocycles. The Bertz CT molecular complexity index is 1830. The minimum absolute atomic E-state index is 0.0447. The fraction of sp³-hybridized carbons (Fsp3) is 0.0789. The van der Waals surface area contributed by atoms with E-state index in [0.29, 0.717) is 5.56 Å². The maximum Gasteiger partial charge on any atom is 0.0991 e. The third kappa shape index (κ3) is 5.09. The lowest BCUT2D eigenvalue weighted by atomic mass is 9.90. The molecule has 0 aromatic heterocycles. The smallest absolute Gasteiger partial charge is 0.0991 e. The molecule has 42 heavy (non-hydrogen) atoms. The Hall–Kier alpha value is -5.05. The second kappa shape index (κ2) is 11.4. The van der Waals surface area contributed by atoms with Crippen LogP contribution in [-0.2, 0) is 0 Å². The van der Waals surface area contributed by atoms with Crippen molar-refractivity contribution in [3.05, 3.63) is 168 Å². The van der Waals surface area contributed by atoms with Gasteiger partial charge in [-0.1, -0.05) is 133 Å². The zero-order chi connectivity index (χ0) is 28.3. The molecule has 2 unspecified atom stereocenters. The fourth-order valence-corrected chi connectivity index (χ4v) is 5.95. The van der Waals surface area contributed by atoms with Crippen molar-refractivity contribution in [3.63, 3.8) is 0 Å². The van der Waals surface area contributed by atoms with E-state index in [-0.39, 0.29) is 18.5 Å². The van der Waals surface area contributed by atoms with Gasteiger partial charge in [0.15, 0.2) is 0 Å². The molecule has 7 rings (SSSR count). The van der Waals surface area contributed by atoms with Gasteiger partial charge >= 0.3 is 0 Å². The molecule has 1 heterocycles. The van der Waals surface area contributed by atoms with Crippen LogP contribution in [0.5, 0.6) is 0 Å². The second-order valence-electron chi connectivity index (χ2n) is 10.6. The molecular weight excluding hydrogens is 512 g/mol. The standard InChI is InChI=1S/C38H30N4/c39-25-26-10-9-16-32(24-26)27-18-20-29(21-19-27)35-33-17-8-7-11-28(33)22-23-34(35)38-41-36(30-12-3-1-4-13-30)40-37(42-38)31-14-5-2-6-15-31/h1-24,36-38,40-42H. The minimum atomic E-state index is -0.117. The highest BCUT2D eigenvalue weighted by atomic mass is 15.4. The molecule has 3 N–H and O–H groups in total. The topological polar surface area (TPSA) is 59.9 Å². The Morgan fingerprint density at radius 3 is 1.74 bits per heavy atom. The van der Waals surface area contributed by atoms with Crippen LogP contribution in [0.4, 0.5) is 0 Å².